The van der Waals surface area contributed by atoms with Crippen LogP contribution in [0.2, 0.25) is 0 Å². The van der Waals surface area contributed by atoms with E-state index in [9.17, 15) is 0 Å². The molecule has 0 spiro atoms. The van der Waals surface area contributed by atoms with Crippen molar-refractivity contribution in [1.29, 1.82) is 0 Å². The molecule has 0 saturated carbocycles. The minimum Gasteiger partial charge on any atom is -0.455 e. The lowest BCUT2D eigenvalue weighted by atomic mass is 9.78. The number of ether oxygens (including phenoxy) is 1. The molecule has 4 aromatic rings. The molecule has 0 radical (unpaired) electrons. The zero-order valence-electron chi connectivity index (χ0n) is 20.1. The van der Waals surface area contributed by atoms with Gasteiger partial charge in [-0.25, -0.2) is 4.57 Å². The van der Waals surface area contributed by atoms with Crippen molar-refractivity contribution in [3.63, 3.8) is 0 Å². The van der Waals surface area contributed by atoms with E-state index in [1.54, 1.807) is 0 Å². The summed E-state index contributed by atoms with van der Waals surface area (Å²) in [6.07, 6.45) is 2.19. The predicted octanol–water partition coefficient (Wildman–Crippen LogP) is 7.48. The minimum absolute atomic E-state index is 0.0482. The quantitative estimate of drug-likeness (QED) is 0.256. The van der Waals surface area contributed by atoms with Crippen molar-refractivity contribution in [2.45, 2.75) is 52.9 Å². The molecule has 0 bridgehead atoms. The second-order valence-corrected chi connectivity index (χ2v) is 10.4. The summed E-state index contributed by atoms with van der Waals surface area (Å²) in [4.78, 5) is 0. The first-order valence-electron chi connectivity index (χ1n) is 11.6. The van der Waals surface area contributed by atoms with E-state index in [2.05, 4.69) is 102 Å². The normalized spacial score (nSPS) is 14.9. The molecule has 2 heterocycles. The smallest absolute Gasteiger partial charge is 0.228 e. The van der Waals surface area contributed by atoms with Gasteiger partial charge in [0.2, 0.25) is 5.69 Å². The van der Waals surface area contributed by atoms with E-state index in [1.165, 1.54) is 61.0 Å². The number of rotatable bonds is 1. The average molecular weight is 421 g/mol. The molecular formula is C30H30NO+. The third-order valence-electron chi connectivity index (χ3n) is 7.78. The van der Waals surface area contributed by atoms with E-state index in [-0.39, 0.29) is 5.41 Å². The number of nitrogens with zero attached hydrogens (tertiary/aromatic N) is 1. The molecule has 1 aliphatic heterocycles. The molecule has 3 aromatic carbocycles. The molecule has 160 valence electrons. The fraction of sp³-hybridized carbons (Fsp3) is 0.300. The number of hydrogen-bond donors (Lipinski definition) is 0. The van der Waals surface area contributed by atoms with Crippen LogP contribution in [0, 0.1) is 13.8 Å². The summed E-state index contributed by atoms with van der Waals surface area (Å²) < 4.78 is 9.08. The predicted molar refractivity (Wildman–Crippen MR) is 132 cm³/mol. The Morgan fingerprint density at radius 1 is 0.938 bits per heavy atom. The van der Waals surface area contributed by atoms with Crippen molar-refractivity contribution >= 4 is 10.8 Å². The first kappa shape index (κ1) is 19.5. The molecule has 2 nitrogen and oxygen atoms in total. The van der Waals surface area contributed by atoms with Crippen molar-refractivity contribution in [2.75, 3.05) is 0 Å². The molecule has 0 atom stereocenters. The van der Waals surface area contributed by atoms with Gasteiger partial charge in [-0.3, -0.25) is 0 Å². The lowest BCUT2D eigenvalue weighted by molar-refractivity contribution is -0.659. The molecular weight excluding hydrogens is 390 g/mol. The van der Waals surface area contributed by atoms with Crippen LogP contribution < -0.4 is 9.30 Å². The molecule has 32 heavy (non-hydrogen) atoms. The Balaban J connectivity index is 1.78. The number of aromatic nitrogens is 1. The van der Waals surface area contributed by atoms with Crippen molar-refractivity contribution in [2.24, 2.45) is 7.05 Å². The summed E-state index contributed by atoms with van der Waals surface area (Å²) in [6, 6.07) is 15.7. The second kappa shape index (κ2) is 6.22. The number of fused-ring (bicyclic) bond motifs is 5. The monoisotopic (exact) mass is 420 g/mol. The standard InChI is InChI=1S/C30H30NO/c1-16(2)20-14-19-12-13-31(7)28-25-17(3)24-21-10-8-9-11-22(21)30(5,6)27(24)18(4)29(25)32-23(15-20)26(19)28/h8-16H,1-7H3/q+1. The molecule has 0 fully saturated rings. The highest BCUT2D eigenvalue weighted by atomic mass is 16.5. The molecule has 2 aliphatic rings. The van der Waals surface area contributed by atoms with Crippen molar-refractivity contribution in [1.82, 2.24) is 0 Å². The summed E-state index contributed by atoms with van der Waals surface area (Å²) in [7, 11) is 2.16. The van der Waals surface area contributed by atoms with Gasteiger partial charge in [0.15, 0.2) is 6.20 Å². The Kier molecular flexibility index (Phi) is 3.80. The van der Waals surface area contributed by atoms with E-state index in [1.807, 2.05) is 0 Å². The number of benzene rings is 3. The zero-order chi connectivity index (χ0) is 22.5. The highest BCUT2D eigenvalue weighted by molar-refractivity contribution is 6.04. The lowest BCUT2D eigenvalue weighted by Crippen LogP contribution is -2.32. The first-order chi connectivity index (χ1) is 15.2. The van der Waals surface area contributed by atoms with Gasteiger partial charge in [0, 0.05) is 11.5 Å². The van der Waals surface area contributed by atoms with Gasteiger partial charge in [-0.2, -0.15) is 0 Å². The van der Waals surface area contributed by atoms with Crippen molar-refractivity contribution in [3.8, 4) is 33.9 Å². The largest absolute Gasteiger partial charge is 0.455 e. The summed E-state index contributed by atoms with van der Waals surface area (Å²) >= 11 is 0. The maximum absolute atomic E-state index is 6.81. The van der Waals surface area contributed by atoms with E-state index in [0.717, 1.165) is 11.5 Å². The van der Waals surface area contributed by atoms with Crippen molar-refractivity contribution in [3.05, 3.63) is 76.5 Å². The van der Waals surface area contributed by atoms with Crippen LogP contribution in [0.1, 0.15) is 61.4 Å². The average Bonchev–Trinajstić information content (AvgIpc) is 3.01. The maximum atomic E-state index is 6.81. The third-order valence-corrected chi connectivity index (χ3v) is 7.78. The highest BCUT2D eigenvalue weighted by Crippen LogP contribution is 2.58. The van der Waals surface area contributed by atoms with Crippen LogP contribution in [0.3, 0.4) is 0 Å². The highest BCUT2D eigenvalue weighted by Gasteiger charge is 2.42. The van der Waals surface area contributed by atoms with Crippen LogP contribution in [0.5, 0.6) is 11.5 Å². The Morgan fingerprint density at radius 3 is 2.44 bits per heavy atom. The topological polar surface area (TPSA) is 13.1 Å². The molecule has 1 aromatic heterocycles. The molecule has 2 heteroatoms. The molecule has 1 aliphatic carbocycles. The van der Waals surface area contributed by atoms with E-state index < -0.39 is 0 Å². The lowest BCUT2D eigenvalue weighted by Gasteiger charge is -2.29. The Morgan fingerprint density at radius 2 is 1.69 bits per heavy atom. The first-order valence-corrected chi connectivity index (χ1v) is 11.6. The van der Waals surface area contributed by atoms with Crippen LogP contribution in [-0.4, -0.2) is 0 Å². The second-order valence-electron chi connectivity index (χ2n) is 10.4. The maximum Gasteiger partial charge on any atom is 0.228 e. The number of aryl methyl sites for hydroxylation is 1. The molecule has 6 rings (SSSR count). The number of hydrogen-bond acceptors (Lipinski definition) is 1. The van der Waals surface area contributed by atoms with Gasteiger partial charge in [0.25, 0.3) is 0 Å². The van der Waals surface area contributed by atoms with Gasteiger partial charge in [0.1, 0.15) is 18.5 Å². The Labute approximate surface area is 190 Å². The molecule has 0 N–H and O–H groups in total. The fourth-order valence-electron chi connectivity index (χ4n) is 6.19. The van der Waals surface area contributed by atoms with Gasteiger partial charge in [-0.1, -0.05) is 58.0 Å². The third kappa shape index (κ3) is 2.28. The molecule has 0 saturated heterocycles. The van der Waals surface area contributed by atoms with E-state index in [4.69, 9.17) is 4.74 Å². The number of pyridine rings is 1. The van der Waals surface area contributed by atoms with Gasteiger partial charge < -0.3 is 4.74 Å². The summed E-state index contributed by atoms with van der Waals surface area (Å²) in [5.74, 6) is 2.47. The Bertz CT molecular complexity index is 1470. The van der Waals surface area contributed by atoms with Gasteiger partial charge >= 0.3 is 0 Å². The minimum atomic E-state index is -0.0482. The zero-order valence-corrected chi connectivity index (χ0v) is 20.1. The summed E-state index contributed by atoms with van der Waals surface area (Å²) in [5.41, 5.74) is 11.9. The van der Waals surface area contributed by atoms with Crippen LogP contribution in [0.4, 0.5) is 0 Å². The molecule has 0 unspecified atom stereocenters. The van der Waals surface area contributed by atoms with Crippen LogP contribution in [0.25, 0.3) is 33.2 Å². The van der Waals surface area contributed by atoms with Crippen LogP contribution >= 0.6 is 0 Å². The van der Waals surface area contributed by atoms with E-state index in [0.29, 0.717) is 5.92 Å². The van der Waals surface area contributed by atoms with Gasteiger partial charge in [-0.05, 0) is 70.2 Å². The van der Waals surface area contributed by atoms with E-state index >= 15 is 0 Å². The molecule has 0 amide bonds. The Hall–Kier alpha value is -3.13. The SMILES string of the molecule is Cc1c2c(c(C)c3c1-c1ccccc1C3(C)C)Oc1cc(C(C)C)cc3cc[n+](C)c-2c13. The van der Waals surface area contributed by atoms with Crippen molar-refractivity contribution < 1.29 is 9.30 Å². The van der Waals surface area contributed by atoms with Crippen LogP contribution in [0.15, 0.2) is 48.7 Å². The fourth-order valence-corrected chi connectivity index (χ4v) is 6.19. The summed E-state index contributed by atoms with van der Waals surface area (Å²) in [5, 5.41) is 2.48. The van der Waals surface area contributed by atoms with Gasteiger partial charge in [0.05, 0.1) is 10.9 Å². The summed E-state index contributed by atoms with van der Waals surface area (Å²) in [6.45, 7) is 13.7. The van der Waals surface area contributed by atoms with Crippen LogP contribution in [-0.2, 0) is 12.5 Å². The van der Waals surface area contributed by atoms with Gasteiger partial charge in [-0.15, -0.1) is 0 Å².